The number of aromatic amines is 1. The third kappa shape index (κ3) is 4.81. The largest absolute Gasteiger partial charge is 0.465 e. The number of para-hydroxylation sites is 1. The van der Waals surface area contributed by atoms with E-state index in [-0.39, 0.29) is 37.8 Å². The number of sulfonamides is 1. The van der Waals surface area contributed by atoms with E-state index in [1.807, 2.05) is 0 Å². The van der Waals surface area contributed by atoms with Gasteiger partial charge in [-0.15, -0.1) is 0 Å². The van der Waals surface area contributed by atoms with E-state index in [2.05, 4.69) is 4.98 Å². The Morgan fingerprint density at radius 2 is 1.67 bits per heavy atom. The molecule has 0 fully saturated rings. The molecule has 13 heteroatoms. The molecule has 2 aromatic carbocycles. The fourth-order valence-corrected chi connectivity index (χ4v) is 5.82. The summed E-state index contributed by atoms with van der Waals surface area (Å²) in [4.78, 5) is 14.7. The SMILES string of the molecule is CCOC(=O)C1CN(S(=O)(=O)c2cc(C(F)(F)F)cc(C(F)(F)F)c2)CCc2c1[nH]c1ccccc21. The number of rotatable bonds is 4. The van der Waals surface area contributed by atoms with Gasteiger partial charge in [0.1, 0.15) is 5.92 Å². The maximum absolute atomic E-state index is 13.4. The van der Waals surface area contributed by atoms with Crippen molar-refractivity contribution in [3.05, 3.63) is 64.8 Å². The molecule has 0 bridgehead atoms. The summed E-state index contributed by atoms with van der Waals surface area (Å²) in [6.07, 6.45) is -10.4. The molecule has 1 unspecified atom stereocenters. The van der Waals surface area contributed by atoms with Gasteiger partial charge in [0.15, 0.2) is 0 Å². The summed E-state index contributed by atoms with van der Waals surface area (Å²) in [6, 6.07) is 7.24. The van der Waals surface area contributed by atoms with Crippen molar-refractivity contribution in [2.24, 2.45) is 0 Å². The Morgan fingerprint density at radius 3 is 2.25 bits per heavy atom. The van der Waals surface area contributed by atoms with Crippen LogP contribution in [0.2, 0.25) is 0 Å². The number of hydrogen-bond acceptors (Lipinski definition) is 4. The molecule has 0 saturated carbocycles. The van der Waals surface area contributed by atoms with Crippen LogP contribution < -0.4 is 0 Å². The highest BCUT2D eigenvalue weighted by Gasteiger charge is 2.41. The highest BCUT2D eigenvalue weighted by atomic mass is 32.2. The molecule has 36 heavy (non-hydrogen) atoms. The molecular formula is C23H20F6N2O4S. The first kappa shape index (κ1) is 26.0. The van der Waals surface area contributed by atoms with E-state index in [9.17, 15) is 39.6 Å². The maximum Gasteiger partial charge on any atom is 0.416 e. The Labute approximate surface area is 201 Å². The number of hydrogen-bond donors (Lipinski definition) is 1. The zero-order valence-electron chi connectivity index (χ0n) is 18.7. The lowest BCUT2D eigenvalue weighted by molar-refractivity contribution is -0.145. The zero-order valence-corrected chi connectivity index (χ0v) is 19.5. The van der Waals surface area contributed by atoms with Crippen LogP contribution in [0.1, 0.15) is 35.2 Å². The minimum absolute atomic E-state index is 0.0137. The molecule has 0 aliphatic carbocycles. The zero-order chi connectivity index (χ0) is 26.5. The highest BCUT2D eigenvalue weighted by Crippen LogP contribution is 2.39. The number of esters is 1. The van der Waals surface area contributed by atoms with Crippen LogP contribution in [0.4, 0.5) is 26.3 Å². The number of halogens is 6. The normalized spacial score (nSPS) is 17.6. The summed E-state index contributed by atoms with van der Waals surface area (Å²) in [7, 11) is -4.87. The van der Waals surface area contributed by atoms with Gasteiger partial charge in [0.2, 0.25) is 10.0 Å². The third-order valence-corrected chi connectivity index (χ3v) is 7.81. The number of alkyl halides is 6. The van der Waals surface area contributed by atoms with Crippen molar-refractivity contribution in [2.75, 3.05) is 19.7 Å². The van der Waals surface area contributed by atoms with E-state index in [0.717, 1.165) is 9.69 Å². The number of nitrogens with one attached hydrogen (secondary N) is 1. The van der Waals surface area contributed by atoms with Gasteiger partial charge in [-0.3, -0.25) is 4.79 Å². The first-order chi connectivity index (χ1) is 16.7. The van der Waals surface area contributed by atoms with Crippen molar-refractivity contribution in [1.29, 1.82) is 0 Å². The summed E-state index contributed by atoms with van der Waals surface area (Å²) < 4.78 is 113. The van der Waals surface area contributed by atoms with Gasteiger partial charge in [0, 0.05) is 29.7 Å². The second-order valence-electron chi connectivity index (χ2n) is 8.22. The predicted molar refractivity (Wildman–Crippen MR) is 117 cm³/mol. The molecule has 3 aromatic rings. The number of aromatic nitrogens is 1. The second-order valence-corrected chi connectivity index (χ2v) is 10.2. The van der Waals surface area contributed by atoms with E-state index < -0.39 is 56.8 Å². The first-order valence-electron chi connectivity index (χ1n) is 10.8. The minimum atomic E-state index is -5.21. The molecule has 0 saturated heterocycles. The summed E-state index contributed by atoms with van der Waals surface area (Å²) in [6.45, 7) is 0.736. The van der Waals surface area contributed by atoms with Crippen LogP contribution >= 0.6 is 0 Å². The van der Waals surface area contributed by atoms with Crippen molar-refractivity contribution in [2.45, 2.75) is 36.5 Å². The van der Waals surface area contributed by atoms with E-state index in [4.69, 9.17) is 4.74 Å². The molecule has 2 heterocycles. The van der Waals surface area contributed by atoms with Crippen LogP contribution in [-0.4, -0.2) is 43.4 Å². The molecule has 1 aliphatic rings. The molecule has 1 atom stereocenters. The van der Waals surface area contributed by atoms with E-state index in [1.165, 1.54) is 0 Å². The van der Waals surface area contributed by atoms with Gasteiger partial charge in [-0.25, -0.2) is 8.42 Å². The summed E-state index contributed by atoms with van der Waals surface area (Å²) in [5.41, 5.74) is -1.78. The molecule has 194 valence electrons. The summed E-state index contributed by atoms with van der Waals surface area (Å²) in [5, 5.41) is 0.722. The Bertz CT molecular complexity index is 1380. The van der Waals surface area contributed by atoms with E-state index in [0.29, 0.717) is 16.8 Å². The number of carbonyl (C=O) groups excluding carboxylic acids is 1. The molecule has 4 rings (SSSR count). The van der Waals surface area contributed by atoms with Crippen molar-refractivity contribution < 1.29 is 44.3 Å². The fourth-order valence-electron chi connectivity index (χ4n) is 4.29. The van der Waals surface area contributed by atoms with Crippen LogP contribution in [-0.2, 0) is 38.3 Å². The third-order valence-electron chi connectivity index (χ3n) is 5.96. The molecule has 1 aromatic heterocycles. The maximum atomic E-state index is 13.4. The molecule has 6 nitrogen and oxygen atoms in total. The molecule has 0 spiro atoms. The van der Waals surface area contributed by atoms with Crippen LogP contribution in [0.15, 0.2) is 47.4 Å². The van der Waals surface area contributed by atoms with Gasteiger partial charge in [-0.1, -0.05) is 18.2 Å². The van der Waals surface area contributed by atoms with Gasteiger partial charge in [0.05, 0.1) is 22.6 Å². The fraction of sp³-hybridized carbons (Fsp3) is 0.348. The lowest BCUT2D eigenvalue weighted by Crippen LogP contribution is -2.37. The van der Waals surface area contributed by atoms with Gasteiger partial charge >= 0.3 is 18.3 Å². The molecule has 1 aliphatic heterocycles. The number of ether oxygens (including phenoxy) is 1. The van der Waals surface area contributed by atoms with Gasteiger partial charge < -0.3 is 9.72 Å². The average Bonchev–Trinajstić information content (AvgIpc) is 3.04. The smallest absolute Gasteiger partial charge is 0.416 e. The van der Waals surface area contributed by atoms with Crippen LogP contribution in [0.5, 0.6) is 0 Å². The Hall–Kier alpha value is -3.06. The van der Waals surface area contributed by atoms with Crippen molar-refractivity contribution in [3.63, 3.8) is 0 Å². The van der Waals surface area contributed by atoms with Gasteiger partial charge in [-0.2, -0.15) is 30.6 Å². The Kier molecular flexibility index (Phi) is 6.58. The van der Waals surface area contributed by atoms with Crippen molar-refractivity contribution >= 4 is 26.9 Å². The van der Waals surface area contributed by atoms with Crippen LogP contribution in [0, 0.1) is 0 Å². The number of fused-ring (bicyclic) bond motifs is 3. The highest BCUT2D eigenvalue weighted by molar-refractivity contribution is 7.89. The average molecular weight is 534 g/mol. The standard InChI is InChI=1S/C23H20F6N2O4S/c1-2-35-21(32)18-12-31(8-7-17-16-5-3-4-6-19(16)30-20(17)18)36(33,34)15-10-13(22(24,25)26)9-14(11-15)23(27,28)29/h3-6,9-11,18,30H,2,7-8,12H2,1H3. The topological polar surface area (TPSA) is 79.5 Å². The van der Waals surface area contributed by atoms with Crippen molar-refractivity contribution in [1.82, 2.24) is 9.29 Å². The second kappa shape index (κ2) is 9.11. The van der Waals surface area contributed by atoms with Crippen molar-refractivity contribution in [3.8, 4) is 0 Å². The monoisotopic (exact) mass is 534 g/mol. The molecular weight excluding hydrogens is 514 g/mol. The molecule has 1 N–H and O–H groups in total. The van der Waals surface area contributed by atoms with Gasteiger partial charge in [-0.05, 0) is 43.2 Å². The lowest BCUT2D eigenvalue weighted by Gasteiger charge is -2.24. The van der Waals surface area contributed by atoms with Crippen LogP contribution in [0.25, 0.3) is 10.9 Å². The molecule has 0 radical (unpaired) electrons. The first-order valence-corrected chi connectivity index (χ1v) is 12.2. The number of benzene rings is 2. The lowest BCUT2D eigenvalue weighted by atomic mass is 10.00. The number of H-pyrrole nitrogens is 1. The summed E-state index contributed by atoms with van der Waals surface area (Å²) in [5.74, 6) is -1.94. The number of carbonyl (C=O) groups is 1. The quantitative estimate of drug-likeness (QED) is 0.373. The van der Waals surface area contributed by atoms with Gasteiger partial charge in [0.25, 0.3) is 0 Å². The van der Waals surface area contributed by atoms with Crippen LogP contribution in [0.3, 0.4) is 0 Å². The van der Waals surface area contributed by atoms with E-state index in [1.54, 1.807) is 31.2 Å². The number of nitrogens with zero attached hydrogens (tertiary/aromatic N) is 1. The Balaban J connectivity index is 1.82. The van der Waals surface area contributed by atoms with E-state index >= 15 is 0 Å². The summed E-state index contributed by atoms with van der Waals surface area (Å²) >= 11 is 0. The predicted octanol–water partition coefficient (Wildman–Crippen LogP) is 5.10. The molecule has 0 amide bonds. The Morgan fingerprint density at radius 1 is 1.06 bits per heavy atom. The minimum Gasteiger partial charge on any atom is -0.465 e.